The van der Waals surface area contributed by atoms with Crippen molar-refractivity contribution in [2.45, 2.75) is 24.9 Å². The van der Waals surface area contributed by atoms with Crippen molar-refractivity contribution in [3.63, 3.8) is 0 Å². The molecule has 1 aliphatic rings. The van der Waals surface area contributed by atoms with Gasteiger partial charge in [0, 0.05) is 25.0 Å². The maximum absolute atomic E-state index is 12.3. The quantitative estimate of drug-likeness (QED) is 0.747. The molecule has 2 unspecified atom stereocenters. The Morgan fingerprint density at radius 2 is 1.96 bits per heavy atom. The number of amides is 1. The van der Waals surface area contributed by atoms with E-state index in [1.54, 1.807) is 19.5 Å². The van der Waals surface area contributed by atoms with Gasteiger partial charge in [-0.3, -0.25) is 9.78 Å². The Bertz CT molecular complexity index is 660. The summed E-state index contributed by atoms with van der Waals surface area (Å²) in [5.74, 6) is 0.860. The largest absolute Gasteiger partial charge is 0.497 e. The van der Waals surface area contributed by atoms with Crippen LogP contribution in [0.15, 0.2) is 48.8 Å². The summed E-state index contributed by atoms with van der Waals surface area (Å²) in [4.78, 5) is 16.3. The number of benzene rings is 1. The Labute approximate surface area is 141 Å². The molecule has 1 fully saturated rings. The third-order valence-corrected chi connectivity index (χ3v) is 4.20. The SMILES string of the molecule is COc1ccc(CCNC(=O)C2CC(c3ccncc3)NN2)cc1. The van der Waals surface area contributed by atoms with Crippen LogP contribution in [-0.4, -0.2) is 30.6 Å². The summed E-state index contributed by atoms with van der Waals surface area (Å²) in [6.45, 7) is 0.614. The van der Waals surface area contributed by atoms with Crippen LogP contribution in [0.2, 0.25) is 0 Å². The molecule has 0 spiro atoms. The van der Waals surface area contributed by atoms with Crippen molar-refractivity contribution in [3.05, 3.63) is 59.9 Å². The summed E-state index contributed by atoms with van der Waals surface area (Å²) in [5.41, 5.74) is 8.54. The molecule has 0 radical (unpaired) electrons. The molecule has 1 saturated heterocycles. The zero-order valence-electron chi connectivity index (χ0n) is 13.7. The second-order valence-corrected chi connectivity index (χ2v) is 5.80. The van der Waals surface area contributed by atoms with Crippen molar-refractivity contribution in [1.29, 1.82) is 0 Å². The fourth-order valence-electron chi connectivity index (χ4n) is 2.79. The minimum absolute atomic E-state index is 0.0209. The van der Waals surface area contributed by atoms with Crippen LogP contribution in [0.1, 0.15) is 23.6 Å². The average Bonchev–Trinajstić information content (AvgIpc) is 3.13. The number of nitrogens with one attached hydrogen (secondary N) is 3. The number of methoxy groups -OCH3 is 1. The van der Waals surface area contributed by atoms with Crippen LogP contribution in [0.3, 0.4) is 0 Å². The maximum atomic E-state index is 12.3. The second kappa shape index (κ2) is 7.90. The van der Waals surface area contributed by atoms with Gasteiger partial charge in [0.15, 0.2) is 0 Å². The van der Waals surface area contributed by atoms with Gasteiger partial charge in [0.05, 0.1) is 7.11 Å². The van der Waals surface area contributed by atoms with Crippen LogP contribution in [0.25, 0.3) is 0 Å². The molecule has 24 heavy (non-hydrogen) atoms. The van der Waals surface area contributed by atoms with Gasteiger partial charge in [0.2, 0.25) is 5.91 Å². The first-order chi connectivity index (χ1) is 11.8. The van der Waals surface area contributed by atoms with Crippen molar-refractivity contribution in [2.75, 3.05) is 13.7 Å². The molecule has 0 bridgehead atoms. The Balaban J connectivity index is 1.44. The van der Waals surface area contributed by atoms with Crippen LogP contribution < -0.4 is 20.9 Å². The van der Waals surface area contributed by atoms with E-state index < -0.39 is 0 Å². The van der Waals surface area contributed by atoms with E-state index in [-0.39, 0.29) is 18.0 Å². The number of aromatic nitrogens is 1. The molecule has 2 aromatic rings. The van der Waals surface area contributed by atoms with Crippen molar-refractivity contribution in [2.24, 2.45) is 0 Å². The standard InChI is InChI=1S/C18H22N4O2/c1-24-15-4-2-13(3-5-15)6-11-20-18(23)17-12-16(21-22-17)14-7-9-19-10-8-14/h2-5,7-10,16-17,21-22H,6,11-12H2,1H3,(H,20,23). The molecule has 0 aliphatic carbocycles. The maximum Gasteiger partial charge on any atom is 0.238 e. The predicted molar refractivity (Wildman–Crippen MR) is 91.4 cm³/mol. The van der Waals surface area contributed by atoms with Crippen LogP contribution in [0, 0.1) is 0 Å². The molecule has 6 heteroatoms. The first kappa shape index (κ1) is 16.4. The van der Waals surface area contributed by atoms with Gasteiger partial charge in [-0.15, -0.1) is 0 Å². The summed E-state index contributed by atoms with van der Waals surface area (Å²) in [6.07, 6.45) is 5.04. The molecule has 1 amide bonds. The van der Waals surface area contributed by atoms with E-state index >= 15 is 0 Å². The highest BCUT2D eigenvalue weighted by Gasteiger charge is 2.29. The number of ether oxygens (including phenoxy) is 1. The van der Waals surface area contributed by atoms with Crippen LogP contribution in [-0.2, 0) is 11.2 Å². The van der Waals surface area contributed by atoms with Crippen molar-refractivity contribution in [1.82, 2.24) is 21.2 Å². The predicted octanol–water partition coefficient (Wildman–Crippen LogP) is 1.36. The number of hydrazine groups is 1. The number of carbonyl (C=O) groups is 1. The topological polar surface area (TPSA) is 75.3 Å². The van der Waals surface area contributed by atoms with Gasteiger partial charge < -0.3 is 10.1 Å². The Kier molecular flexibility index (Phi) is 5.40. The fraction of sp³-hybridized carbons (Fsp3) is 0.333. The van der Waals surface area contributed by atoms with E-state index in [9.17, 15) is 4.79 Å². The average molecular weight is 326 g/mol. The van der Waals surface area contributed by atoms with Crippen molar-refractivity contribution >= 4 is 5.91 Å². The molecular formula is C18H22N4O2. The number of carbonyl (C=O) groups excluding carboxylic acids is 1. The highest BCUT2D eigenvalue weighted by Crippen LogP contribution is 2.21. The monoisotopic (exact) mass is 326 g/mol. The molecule has 126 valence electrons. The summed E-state index contributed by atoms with van der Waals surface area (Å²) >= 11 is 0. The van der Waals surface area contributed by atoms with Gasteiger partial charge >= 0.3 is 0 Å². The van der Waals surface area contributed by atoms with E-state index in [0.717, 1.165) is 24.2 Å². The minimum Gasteiger partial charge on any atom is -0.497 e. The summed E-state index contributed by atoms with van der Waals surface area (Å²) in [6, 6.07) is 11.7. The summed E-state index contributed by atoms with van der Waals surface area (Å²) < 4.78 is 5.14. The number of pyridine rings is 1. The molecule has 3 rings (SSSR count). The number of hydrogen-bond donors (Lipinski definition) is 3. The molecule has 1 aliphatic heterocycles. The number of hydrogen-bond acceptors (Lipinski definition) is 5. The molecule has 2 atom stereocenters. The van der Waals surface area contributed by atoms with Crippen LogP contribution in [0.4, 0.5) is 0 Å². The van der Waals surface area contributed by atoms with Crippen molar-refractivity contribution < 1.29 is 9.53 Å². The Morgan fingerprint density at radius 3 is 2.67 bits per heavy atom. The van der Waals surface area contributed by atoms with E-state index in [0.29, 0.717) is 6.54 Å². The highest BCUT2D eigenvalue weighted by atomic mass is 16.5. The fourth-order valence-corrected chi connectivity index (χ4v) is 2.79. The third kappa shape index (κ3) is 4.10. The van der Waals surface area contributed by atoms with Gasteiger partial charge in [-0.1, -0.05) is 12.1 Å². The Hall–Kier alpha value is -2.44. The zero-order valence-corrected chi connectivity index (χ0v) is 13.7. The zero-order chi connectivity index (χ0) is 16.8. The lowest BCUT2D eigenvalue weighted by molar-refractivity contribution is -0.122. The van der Waals surface area contributed by atoms with E-state index in [4.69, 9.17) is 4.74 Å². The highest BCUT2D eigenvalue weighted by molar-refractivity contribution is 5.82. The molecule has 0 saturated carbocycles. The summed E-state index contributed by atoms with van der Waals surface area (Å²) in [7, 11) is 1.65. The molecule has 3 N–H and O–H groups in total. The molecule has 6 nitrogen and oxygen atoms in total. The normalized spacial score (nSPS) is 19.9. The number of nitrogens with zero attached hydrogens (tertiary/aromatic N) is 1. The Morgan fingerprint density at radius 1 is 1.21 bits per heavy atom. The van der Waals surface area contributed by atoms with E-state index in [1.807, 2.05) is 36.4 Å². The third-order valence-electron chi connectivity index (χ3n) is 4.20. The van der Waals surface area contributed by atoms with Crippen LogP contribution in [0.5, 0.6) is 5.75 Å². The van der Waals surface area contributed by atoms with Gasteiger partial charge in [0.1, 0.15) is 11.8 Å². The minimum atomic E-state index is -0.223. The molecular weight excluding hydrogens is 304 g/mol. The molecule has 1 aromatic heterocycles. The van der Waals surface area contributed by atoms with Gasteiger partial charge in [-0.25, -0.2) is 10.9 Å². The first-order valence-corrected chi connectivity index (χ1v) is 8.08. The number of rotatable bonds is 6. The smallest absolute Gasteiger partial charge is 0.238 e. The lowest BCUT2D eigenvalue weighted by atomic mass is 10.0. The second-order valence-electron chi connectivity index (χ2n) is 5.80. The lowest BCUT2D eigenvalue weighted by Gasteiger charge is -2.11. The first-order valence-electron chi connectivity index (χ1n) is 8.08. The van der Waals surface area contributed by atoms with Crippen molar-refractivity contribution in [3.8, 4) is 5.75 Å². The lowest BCUT2D eigenvalue weighted by Crippen LogP contribution is -2.43. The summed E-state index contributed by atoms with van der Waals surface area (Å²) in [5, 5.41) is 2.99. The molecule has 1 aromatic carbocycles. The van der Waals surface area contributed by atoms with E-state index in [1.165, 1.54) is 5.56 Å². The van der Waals surface area contributed by atoms with E-state index in [2.05, 4.69) is 21.2 Å². The van der Waals surface area contributed by atoms with Gasteiger partial charge in [0.25, 0.3) is 0 Å². The van der Waals surface area contributed by atoms with Gasteiger partial charge in [-0.2, -0.15) is 0 Å². The van der Waals surface area contributed by atoms with Crippen LogP contribution >= 0.6 is 0 Å². The van der Waals surface area contributed by atoms with Gasteiger partial charge in [-0.05, 0) is 48.2 Å². The molecule has 2 heterocycles.